The Morgan fingerprint density at radius 2 is 2.06 bits per heavy atom. The number of aromatic nitrogens is 2. The Balaban J connectivity index is 2.42. The maximum absolute atomic E-state index is 10.8. The lowest BCUT2D eigenvalue weighted by molar-refractivity contribution is -0.385. The molecule has 2 aromatic rings. The van der Waals surface area contributed by atoms with Gasteiger partial charge in [-0.25, -0.2) is 9.97 Å². The van der Waals surface area contributed by atoms with Gasteiger partial charge in [0.1, 0.15) is 11.5 Å². The van der Waals surface area contributed by atoms with E-state index >= 15 is 0 Å². The predicted octanol–water partition coefficient (Wildman–Crippen LogP) is 3.48. The summed E-state index contributed by atoms with van der Waals surface area (Å²) < 4.78 is 5.27. The molecule has 1 aromatic carbocycles. The first-order valence-electron chi connectivity index (χ1n) is 4.66. The number of halogens is 2. The van der Waals surface area contributed by atoms with Gasteiger partial charge in [-0.15, -0.1) is 0 Å². The van der Waals surface area contributed by atoms with Gasteiger partial charge >= 0.3 is 5.69 Å². The first-order chi connectivity index (χ1) is 8.58. The van der Waals surface area contributed by atoms with Crippen molar-refractivity contribution in [3.05, 3.63) is 50.9 Å². The molecule has 0 saturated heterocycles. The second-order valence-corrected chi connectivity index (χ2v) is 3.92. The maximum atomic E-state index is 10.8. The number of benzene rings is 1. The summed E-state index contributed by atoms with van der Waals surface area (Å²) in [6.45, 7) is 0. The van der Waals surface area contributed by atoms with E-state index < -0.39 is 4.92 Å². The Labute approximate surface area is 111 Å². The van der Waals surface area contributed by atoms with Crippen LogP contribution < -0.4 is 4.74 Å². The number of rotatable bonds is 3. The zero-order chi connectivity index (χ0) is 13.1. The van der Waals surface area contributed by atoms with Crippen LogP contribution in [0.3, 0.4) is 0 Å². The van der Waals surface area contributed by atoms with Gasteiger partial charge in [0.2, 0.25) is 11.6 Å². The van der Waals surface area contributed by atoms with Crippen LogP contribution in [0.5, 0.6) is 11.6 Å². The van der Waals surface area contributed by atoms with E-state index in [-0.39, 0.29) is 27.5 Å². The quantitative estimate of drug-likeness (QED) is 0.490. The van der Waals surface area contributed by atoms with Gasteiger partial charge in [0.25, 0.3) is 0 Å². The van der Waals surface area contributed by atoms with Crippen LogP contribution in [0, 0.1) is 10.1 Å². The van der Waals surface area contributed by atoms with Gasteiger partial charge < -0.3 is 4.74 Å². The minimum atomic E-state index is -0.593. The van der Waals surface area contributed by atoms with Crippen LogP contribution in [0.25, 0.3) is 0 Å². The van der Waals surface area contributed by atoms with Gasteiger partial charge in [-0.2, -0.15) is 0 Å². The first-order valence-corrected chi connectivity index (χ1v) is 5.42. The molecule has 2 rings (SSSR count). The fourth-order valence-corrected chi connectivity index (χ4v) is 1.57. The van der Waals surface area contributed by atoms with Crippen LogP contribution in [0.1, 0.15) is 0 Å². The first kappa shape index (κ1) is 12.5. The number of hydrogen-bond donors (Lipinski definition) is 0. The van der Waals surface area contributed by atoms with Gasteiger partial charge in [0, 0.05) is 12.1 Å². The minimum Gasteiger partial charge on any atom is -0.430 e. The third kappa shape index (κ3) is 2.66. The SMILES string of the molecule is O=[N+]([O-])c1cccc(Cl)c1Oc1cc(Cl)ncn1. The molecule has 0 unspecified atom stereocenters. The third-order valence-corrected chi connectivity index (χ3v) is 2.46. The van der Waals surface area contributed by atoms with Crippen molar-refractivity contribution in [3.63, 3.8) is 0 Å². The molecule has 0 aliphatic rings. The van der Waals surface area contributed by atoms with Crippen LogP contribution >= 0.6 is 23.2 Å². The van der Waals surface area contributed by atoms with Gasteiger partial charge in [-0.05, 0) is 6.07 Å². The highest BCUT2D eigenvalue weighted by Gasteiger charge is 2.19. The summed E-state index contributed by atoms with van der Waals surface area (Å²) in [5.74, 6) is -0.00914. The van der Waals surface area contributed by atoms with Crippen molar-refractivity contribution >= 4 is 28.9 Å². The summed E-state index contributed by atoms with van der Waals surface area (Å²) in [4.78, 5) is 17.7. The molecule has 92 valence electrons. The zero-order valence-corrected chi connectivity index (χ0v) is 10.2. The average molecular weight is 286 g/mol. The van der Waals surface area contributed by atoms with Crippen molar-refractivity contribution in [3.8, 4) is 11.6 Å². The summed E-state index contributed by atoms with van der Waals surface area (Å²) in [7, 11) is 0. The minimum absolute atomic E-state index is 0.0752. The molecule has 18 heavy (non-hydrogen) atoms. The fraction of sp³-hybridized carbons (Fsp3) is 0. The fourth-order valence-electron chi connectivity index (χ4n) is 1.22. The van der Waals surface area contributed by atoms with Crippen molar-refractivity contribution in [2.24, 2.45) is 0 Å². The van der Waals surface area contributed by atoms with Crippen LogP contribution in [-0.2, 0) is 0 Å². The standard InChI is InChI=1S/C10H5Cl2N3O3/c11-6-2-1-3-7(15(16)17)10(6)18-9-4-8(12)13-5-14-9/h1-5H. The topological polar surface area (TPSA) is 78.2 Å². The lowest BCUT2D eigenvalue weighted by Crippen LogP contribution is -1.95. The number of nitro benzene ring substituents is 1. The molecule has 0 bridgehead atoms. The van der Waals surface area contributed by atoms with Crippen LogP contribution in [-0.4, -0.2) is 14.9 Å². The second kappa shape index (κ2) is 5.16. The Hall–Kier alpha value is -1.92. The van der Waals surface area contributed by atoms with Crippen LogP contribution in [0.15, 0.2) is 30.6 Å². The summed E-state index contributed by atoms with van der Waals surface area (Å²) in [5, 5.41) is 11.1. The largest absolute Gasteiger partial charge is 0.430 e. The molecule has 0 aliphatic carbocycles. The molecule has 0 aliphatic heterocycles. The molecule has 1 aromatic heterocycles. The summed E-state index contributed by atoms with van der Waals surface area (Å²) in [6.07, 6.45) is 1.18. The molecule has 8 heteroatoms. The smallest absolute Gasteiger partial charge is 0.313 e. The van der Waals surface area contributed by atoms with E-state index in [1.165, 1.54) is 30.6 Å². The molecule has 1 heterocycles. The number of nitrogens with zero attached hydrogens (tertiary/aromatic N) is 3. The number of para-hydroxylation sites is 1. The molecular weight excluding hydrogens is 281 g/mol. The third-order valence-electron chi connectivity index (χ3n) is 1.96. The highest BCUT2D eigenvalue weighted by Crippen LogP contribution is 2.37. The van der Waals surface area contributed by atoms with E-state index in [9.17, 15) is 10.1 Å². The van der Waals surface area contributed by atoms with Gasteiger partial charge in [-0.3, -0.25) is 10.1 Å². The van der Waals surface area contributed by atoms with Gasteiger partial charge in [0.05, 0.1) is 9.95 Å². The second-order valence-electron chi connectivity index (χ2n) is 3.13. The average Bonchev–Trinajstić information content (AvgIpc) is 2.31. The maximum Gasteiger partial charge on any atom is 0.313 e. The van der Waals surface area contributed by atoms with Crippen LogP contribution in [0.2, 0.25) is 10.2 Å². The Morgan fingerprint density at radius 1 is 1.28 bits per heavy atom. The van der Waals surface area contributed by atoms with E-state index in [0.717, 1.165) is 0 Å². The molecule has 0 atom stereocenters. The highest BCUT2D eigenvalue weighted by atomic mass is 35.5. The normalized spacial score (nSPS) is 10.1. The highest BCUT2D eigenvalue weighted by molar-refractivity contribution is 6.32. The molecule has 0 saturated carbocycles. The molecule has 6 nitrogen and oxygen atoms in total. The molecule has 0 radical (unpaired) electrons. The number of hydrogen-bond acceptors (Lipinski definition) is 5. The summed E-state index contributed by atoms with van der Waals surface area (Å²) in [6, 6.07) is 5.55. The Kier molecular flexibility index (Phi) is 3.59. The lowest BCUT2D eigenvalue weighted by Gasteiger charge is -2.06. The summed E-state index contributed by atoms with van der Waals surface area (Å²) in [5.41, 5.74) is -0.253. The Bertz CT molecular complexity index is 607. The molecular formula is C10H5Cl2N3O3. The molecule has 0 spiro atoms. The van der Waals surface area contributed by atoms with Crippen molar-refractivity contribution in [1.29, 1.82) is 0 Å². The van der Waals surface area contributed by atoms with Gasteiger partial charge in [0.15, 0.2) is 0 Å². The van der Waals surface area contributed by atoms with Crippen LogP contribution in [0.4, 0.5) is 5.69 Å². The van der Waals surface area contributed by atoms with Gasteiger partial charge in [-0.1, -0.05) is 29.3 Å². The molecule has 0 N–H and O–H groups in total. The van der Waals surface area contributed by atoms with E-state index in [1.54, 1.807) is 0 Å². The van der Waals surface area contributed by atoms with E-state index in [1.807, 2.05) is 0 Å². The van der Waals surface area contributed by atoms with Crippen molar-refractivity contribution in [1.82, 2.24) is 9.97 Å². The molecule has 0 fully saturated rings. The molecule has 0 amide bonds. The monoisotopic (exact) mass is 285 g/mol. The van der Waals surface area contributed by atoms with Crippen molar-refractivity contribution in [2.45, 2.75) is 0 Å². The van der Waals surface area contributed by atoms with E-state index in [4.69, 9.17) is 27.9 Å². The van der Waals surface area contributed by atoms with Crippen molar-refractivity contribution < 1.29 is 9.66 Å². The van der Waals surface area contributed by atoms with E-state index in [2.05, 4.69) is 9.97 Å². The Morgan fingerprint density at radius 3 is 2.72 bits per heavy atom. The number of nitro groups is 1. The number of ether oxygens (including phenoxy) is 1. The predicted molar refractivity (Wildman–Crippen MR) is 65.2 cm³/mol. The van der Waals surface area contributed by atoms with E-state index in [0.29, 0.717) is 0 Å². The summed E-state index contributed by atoms with van der Waals surface area (Å²) >= 11 is 11.5. The zero-order valence-electron chi connectivity index (χ0n) is 8.71. The lowest BCUT2D eigenvalue weighted by atomic mass is 10.3. The van der Waals surface area contributed by atoms with Crippen molar-refractivity contribution in [2.75, 3.05) is 0 Å².